The van der Waals surface area contributed by atoms with E-state index in [1.165, 1.54) is 13.2 Å². The number of fused-ring (bicyclic) bond motifs is 1. The first kappa shape index (κ1) is 10.9. The molecule has 0 N–H and O–H groups in total. The molecule has 0 aromatic rings. The molecule has 0 saturated carbocycles. The van der Waals surface area contributed by atoms with Gasteiger partial charge in [-0.1, -0.05) is 6.08 Å². The third kappa shape index (κ3) is 1.18. The van der Waals surface area contributed by atoms with Gasteiger partial charge in [-0.2, -0.15) is 0 Å². The number of carbonyl (C=O) groups excluding carboxylic acids is 4. The van der Waals surface area contributed by atoms with E-state index in [4.69, 9.17) is 4.74 Å². The second-order valence-corrected chi connectivity index (χ2v) is 4.29. The third-order valence-corrected chi connectivity index (χ3v) is 3.45. The average molecular weight is 252 g/mol. The highest BCUT2D eigenvalue weighted by molar-refractivity contribution is 6.04. The summed E-state index contributed by atoms with van der Waals surface area (Å²) in [6, 6.07) is 0. The molecule has 0 amide bonds. The molecule has 0 aromatic carbocycles. The average Bonchev–Trinajstić information content (AvgIpc) is 2.66. The Balaban J connectivity index is 2.08. The zero-order valence-electron chi connectivity index (χ0n) is 9.24. The summed E-state index contributed by atoms with van der Waals surface area (Å²) in [5, 5.41) is 0. The Morgan fingerprint density at radius 2 is 1.83 bits per heavy atom. The maximum absolute atomic E-state index is 11.6. The molecule has 2 bridgehead atoms. The van der Waals surface area contributed by atoms with E-state index in [9.17, 15) is 19.2 Å². The number of cyclic esters (lactones) is 2. The van der Waals surface area contributed by atoms with Gasteiger partial charge < -0.3 is 14.2 Å². The second-order valence-electron chi connectivity index (χ2n) is 4.29. The monoisotopic (exact) mass is 252 g/mol. The first-order valence-corrected chi connectivity index (χ1v) is 5.30. The molecule has 1 aliphatic carbocycles. The molecule has 7 nitrogen and oxygen atoms in total. The minimum Gasteiger partial charge on any atom is -0.466 e. The van der Waals surface area contributed by atoms with Crippen molar-refractivity contribution in [3.8, 4) is 0 Å². The molecule has 3 aliphatic heterocycles. The minimum absolute atomic E-state index is 0.0926. The normalized spacial score (nSPS) is 36.7. The molecule has 0 radical (unpaired) electrons. The number of hydrogen-bond donors (Lipinski definition) is 0. The lowest BCUT2D eigenvalue weighted by molar-refractivity contribution is -0.171. The maximum Gasteiger partial charge on any atom is 0.337 e. The van der Waals surface area contributed by atoms with E-state index < -0.39 is 47.7 Å². The van der Waals surface area contributed by atoms with Crippen molar-refractivity contribution in [3.05, 3.63) is 11.6 Å². The summed E-state index contributed by atoms with van der Waals surface area (Å²) in [5.74, 6) is -5.56. The Morgan fingerprint density at radius 1 is 1.17 bits per heavy atom. The molecule has 18 heavy (non-hydrogen) atoms. The maximum atomic E-state index is 11.6. The highest BCUT2D eigenvalue weighted by atomic mass is 16.6. The first-order valence-electron chi connectivity index (χ1n) is 5.30. The summed E-state index contributed by atoms with van der Waals surface area (Å²) < 4.78 is 14.0. The molecule has 0 aromatic heterocycles. The van der Waals surface area contributed by atoms with Crippen molar-refractivity contribution < 1.29 is 33.4 Å². The Kier molecular flexibility index (Phi) is 2.07. The molecule has 7 heteroatoms. The van der Waals surface area contributed by atoms with Gasteiger partial charge in [0.25, 0.3) is 0 Å². The molecule has 3 heterocycles. The van der Waals surface area contributed by atoms with E-state index in [1.54, 1.807) is 0 Å². The molecule has 0 spiro atoms. The summed E-state index contributed by atoms with van der Waals surface area (Å²) in [5.41, 5.74) is 0.0926. The third-order valence-electron chi connectivity index (χ3n) is 3.45. The molecular formula is C11H8O7. The molecule has 4 aliphatic rings. The van der Waals surface area contributed by atoms with Gasteiger partial charge in [0.15, 0.2) is 0 Å². The highest BCUT2D eigenvalue weighted by Gasteiger charge is 2.63. The number of ether oxygens (including phenoxy) is 3. The van der Waals surface area contributed by atoms with Gasteiger partial charge in [0.2, 0.25) is 0 Å². The Hall–Kier alpha value is -2.18. The molecule has 4 atom stereocenters. The van der Waals surface area contributed by atoms with Crippen molar-refractivity contribution in [2.75, 3.05) is 7.11 Å². The largest absolute Gasteiger partial charge is 0.466 e. The van der Waals surface area contributed by atoms with Crippen molar-refractivity contribution in [1.82, 2.24) is 0 Å². The molecule has 0 unspecified atom stereocenters. The van der Waals surface area contributed by atoms with Crippen LogP contribution in [0.1, 0.15) is 0 Å². The Morgan fingerprint density at radius 3 is 2.50 bits per heavy atom. The molecule has 2 saturated heterocycles. The van der Waals surface area contributed by atoms with Crippen LogP contribution in [0.25, 0.3) is 0 Å². The minimum atomic E-state index is -1.08. The number of rotatable bonds is 1. The lowest BCUT2D eigenvalue weighted by Gasteiger charge is -2.38. The van der Waals surface area contributed by atoms with Gasteiger partial charge in [0.05, 0.1) is 24.5 Å². The van der Waals surface area contributed by atoms with Gasteiger partial charge in [0.1, 0.15) is 12.0 Å². The van der Waals surface area contributed by atoms with Gasteiger partial charge in [-0.3, -0.25) is 14.4 Å². The quantitative estimate of drug-likeness (QED) is 0.334. The Labute approximate surface area is 101 Å². The van der Waals surface area contributed by atoms with Crippen molar-refractivity contribution in [3.63, 3.8) is 0 Å². The van der Waals surface area contributed by atoms with Gasteiger partial charge in [-0.25, -0.2) is 4.79 Å². The smallest absolute Gasteiger partial charge is 0.337 e. The predicted octanol–water partition coefficient (Wildman–Crippen LogP) is -1.04. The van der Waals surface area contributed by atoms with E-state index in [2.05, 4.69) is 9.47 Å². The fourth-order valence-electron chi connectivity index (χ4n) is 2.65. The van der Waals surface area contributed by atoms with Crippen molar-refractivity contribution >= 4 is 23.9 Å². The van der Waals surface area contributed by atoms with Crippen molar-refractivity contribution in [2.24, 2.45) is 17.8 Å². The van der Waals surface area contributed by atoms with Crippen LogP contribution in [0.15, 0.2) is 11.6 Å². The highest BCUT2D eigenvalue weighted by Crippen LogP contribution is 2.46. The standard InChI is InChI=1S/C11H8O7/c1-16-8(12)4-2-3-5-6(7(4)17-9(3)13)11(15)18-10(5)14/h2-3,5-7H,1H3/t3-,5-,6-,7+/m0/s1. The predicted molar refractivity (Wildman–Crippen MR) is 51.5 cm³/mol. The Bertz CT molecular complexity index is 517. The van der Waals surface area contributed by atoms with E-state index in [0.29, 0.717) is 0 Å². The number of carbonyl (C=O) groups is 4. The zero-order chi connectivity index (χ0) is 13.0. The fourth-order valence-corrected chi connectivity index (χ4v) is 2.65. The fraction of sp³-hybridized carbons (Fsp3) is 0.455. The van der Waals surface area contributed by atoms with Crippen LogP contribution in [0.4, 0.5) is 0 Å². The summed E-state index contributed by atoms with van der Waals surface area (Å²) in [4.78, 5) is 46.2. The number of hydrogen-bond acceptors (Lipinski definition) is 7. The van der Waals surface area contributed by atoms with Crippen molar-refractivity contribution in [2.45, 2.75) is 6.10 Å². The van der Waals surface area contributed by atoms with Gasteiger partial charge in [0, 0.05) is 0 Å². The molecule has 4 rings (SSSR count). The van der Waals surface area contributed by atoms with Crippen LogP contribution in [0.5, 0.6) is 0 Å². The van der Waals surface area contributed by atoms with Crippen LogP contribution in [0.2, 0.25) is 0 Å². The van der Waals surface area contributed by atoms with Crippen LogP contribution in [0, 0.1) is 17.8 Å². The number of methoxy groups -OCH3 is 1. The van der Waals surface area contributed by atoms with E-state index in [0.717, 1.165) is 0 Å². The summed E-state index contributed by atoms with van der Waals surface area (Å²) >= 11 is 0. The molecule has 94 valence electrons. The SMILES string of the molecule is COC(=O)C1=C[C@@H]2C(=O)O[C@H]1[C@H]1C(=O)OC(=O)[C@H]12. The van der Waals surface area contributed by atoms with Crippen LogP contribution < -0.4 is 0 Å². The molecular weight excluding hydrogens is 244 g/mol. The van der Waals surface area contributed by atoms with E-state index in [-0.39, 0.29) is 5.57 Å². The zero-order valence-corrected chi connectivity index (χ0v) is 9.24. The van der Waals surface area contributed by atoms with Gasteiger partial charge >= 0.3 is 23.9 Å². The van der Waals surface area contributed by atoms with Crippen LogP contribution in [-0.2, 0) is 33.4 Å². The first-order chi connectivity index (χ1) is 8.54. The second kappa shape index (κ2) is 3.41. The lowest BCUT2D eigenvalue weighted by atomic mass is 9.70. The van der Waals surface area contributed by atoms with Crippen LogP contribution >= 0.6 is 0 Å². The van der Waals surface area contributed by atoms with Crippen molar-refractivity contribution in [1.29, 1.82) is 0 Å². The number of esters is 4. The topological polar surface area (TPSA) is 96.0 Å². The van der Waals surface area contributed by atoms with E-state index >= 15 is 0 Å². The van der Waals surface area contributed by atoms with Crippen LogP contribution in [0.3, 0.4) is 0 Å². The molecule has 2 fully saturated rings. The van der Waals surface area contributed by atoms with Crippen LogP contribution in [-0.4, -0.2) is 37.1 Å². The lowest BCUT2D eigenvalue weighted by Crippen LogP contribution is -2.52. The van der Waals surface area contributed by atoms with Gasteiger partial charge in [-0.15, -0.1) is 0 Å². The summed E-state index contributed by atoms with van der Waals surface area (Å²) in [6.45, 7) is 0. The van der Waals surface area contributed by atoms with Gasteiger partial charge in [-0.05, 0) is 0 Å². The van der Waals surface area contributed by atoms with E-state index in [1.807, 2.05) is 0 Å². The summed E-state index contributed by atoms with van der Waals surface area (Å²) in [7, 11) is 1.18. The summed E-state index contributed by atoms with van der Waals surface area (Å²) in [6.07, 6.45) is 0.252.